The average Bonchev–Trinajstić information content (AvgIpc) is 2.82. The van der Waals surface area contributed by atoms with Gasteiger partial charge in [0.25, 0.3) is 0 Å². The summed E-state index contributed by atoms with van der Waals surface area (Å²) in [4.78, 5) is 12.5. The van der Waals surface area contributed by atoms with E-state index in [0.29, 0.717) is 12.6 Å². The van der Waals surface area contributed by atoms with Crippen LogP contribution < -0.4 is 11.1 Å². The van der Waals surface area contributed by atoms with E-state index >= 15 is 0 Å². The highest BCUT2D eigenvalue weighted by molar-refractivity contribution is 5.83. The molecule has 1 amide bonds. The molecule has 2 fully saturated rings. The molecule has 3 heteroatoms. The third-order valence-corrected chi connectivity index (χ3v) is 4.87. The van der Waals surface area contributed by atoms with Crippen molar-refractivity contribution in [3.63, 3.8) is 0 Å². The molecule has 0 aromatic carbocycles. The number of rotatable bonds is 3. The van der Waals surface area contributed by atoms with Crippen LogP contribution in [-0.2, 0) is 4.79 Å². The summed E-state index contributed by atoms with van der Waals surface area (Å²) in [6.45, 7) is 0.519. The summed E-state index contributed by atoms with van der Waals surface area (Å²) in [7, 11) is 0. The largest absolute Gasteiger partial charge is 0.353 e. The highest BCUT2D eigenvalue weighted by Crippen LogP contribution is 2.37. The van der Waals surface area contributed by atoms with Crippen molar-refractivity contribution in [2.45, 2.75) is 76.7 Å². The van der Waals surface area contributed by atoms with Crippen LogP contribution in [0.5, 0.6) is 0 Å². The highest BCUT2D eigenvalue weighted by atomic mass is 16.2. The minimum atomic E-state index is -0.234. The predicted octanol–water partition coefficient (Wildman–Crippen LogP) is 2.73. The van der Waals surface area contributed by atoms with Gasteiger partial charge in [0.05, 0.1) is 5.41 Å². The van der Waals surface area contributed by atoms with Crippen molar-refractivity contribution in [2.75, 3.05) is 6.54 Å². The number of carbonyl (C=O) groups is 1. The number of carbonyl (C=O) groups excluding carboxylic acids is 1. The molecular formula is C15H28N2O. The molecule has 0 heterocycles. The fraction of sp³-hybridized carbons (Fsp3) is 0.933. The van der Waals surface area contributed by atoms with Crippen LogP contribution in [0.3, 0.4) is 0 Å². The summed E-state index contributed by atoms with van der Waals surface area (Å²) in [6, 6.07) is 0.404. The lowest BCUT2D eigenvalue weighted by atomic mass is 9.84. The first kappa shape index (κ1) is 13.9. The van der Waals surface area contributed by atoms with Gasteiger partial charge >= 0.3 is 0 Å². The van der Waals surface area contributed by atoms with Gasteiger partial charge in [-0.1, -0.05) is 44.9 Å². The van der Waals surface area contributed by atoms with Crippen LogP contribution in [0.15, 0.2) is 0 Å². The van der Waals surface area contributed by atoms with Crippen molar-refractivity contribution in [3.05, 3.63) is 0 Å². The maximum atomic E-state index is 12.5. The second-order valence-corrected chi connectivity index (χ2v) is 6.21. The Morgan fingerprint density at radius 3 is 2.11 bits per heavy atom. The van der Waals surface area contributed by atoms with E-state index < -0.39 is 0 Å². The van der Waals surface area contributed by atoms with E-state index in [0.717, 1.165) is 38.5 Å². The maximum absolute atomic E-state index is 12.5. The maximum Gasteiger partial charge on any atom is 0.227 e. The minimum Gasteiger partial charge on any atom is -0.353 e. The number of nitrogens with two attached hydrogens (primary N) is 1. The monoisotopic (exact) mass is 252 g/mol. The van der Waals surface area contributed by atoms with Gasteiger partial charge in [-0.2, -0.15) is 0 Å². The lowest BCUT2D eigenvalue weighted by Crippen LogP contribution is -2.48. The van der Waals surface area contributed by atoms with Crippen molar-refractivity contribution >= 4 is 5.91 Å². The van der Waals surface area contributed by atoms with Crippen LogP contribution in [0, 0.1) is 5.41 Å². The summed E-state index contributed by atoms with van der Waals surface area (Å²) in [5.74, 6) is 0.244. The number of hydrogen-bond acceptors (Lipinski definition) is 2. The summed E-state index contributed by atoms with van der Waals surface area (Å²) in [5, 5.41) is 3.30. The van der Waals surface area contributed by atoms with Crippen molar-refractivity contribution in [1.29, 1.82) is 0 Å². The van der Waals surface area contributed by atoms with Gasteiger partial charge in [-0.25, -0.2) is 0 Å². The molecule has 2 aliphatic rings. The number of amides is 1. The first-order valence-corrected chi connectivity index (χ1v) is 7.78. The van der Waals surface area contributed by atoms with Crippen molar-refractivity contribution in [2.24, 2.45) is 11.1 Å². The van der Waals surface area contributed by atoms with E-state index in [2.05, 4.69) is 5.32 Å². The van der Waals surface area contributed by atoms with Gasteiger partial charge in [-0.3, -0.25) is 4.79 Å². The second kappa shape index (κ2) is 6.55. The first-order chi connectivity index (χ1) is 8.77. The molecule has 2 aliphatic carbocycles. The number of hydrogen-bond donors (Lipinski definition) is 2. The van der Waals surface area contributed by atoms with Crippen LogP contribution in [-0.4, -0.2) is 18.5 Å². The standard InChI is InChI=1S/C15H28N2O/c16-12-15(10-6-7-11-15)14(18)17-13-8-4-2-1-3-5-9-13/h13H,1-12,16H2,(H,17,18). The molecule has 0 spiro atoms. The van der Waals surface area contributed by atoms with Gasteiger partial charge in [0, 0.05) is 12.6 Å². The van der Waals surface area contributed by atoms with Crippen LogP contribution in [0.1, 0.15) is 70.6 Å². The zero-order chi connectivity index (χ0) is 12.8. The summed E-state index contributed by atoms with van der Waals surface area (Å²) < 4.78 is 0. The molecule has 0 aromatic rings. The predicted molar refractivity (Wildman–Crippen MR) is 74.2 cm³/mol. The Kier molecular flexibility index (Phi) is 5.04. The third kappa shape index (κ3) is 3.25. The molecule has 3 N–H and O–H groups in total. The molecule has 18 heavy (non-hydrogen) atoms. The molecule has 2 saturated carbocycles. The van der Waals surface area contributed by atoms with Gasteiger partial charge in [-0.05, 0) is 25.7 Å². The van der Waals surface area contributed by atoms with E-state index in [4.69, 9.17) is 5.73 Å². The molecule has 0 aromatic heterocycles. The molecular weight excluding hydrogens is 224 g/mol. The zero-order valence-corrected chi connectivity index (χ0v) is 11.5. The quantitative estimate of drug-likeness (QED) is 0.811. The minimum absolute atomic E-state index is 0.234. The molecule has 0 aliphatic heterocycles. The Morgan fingerprint density at radius 2 is 1.56 bits per heavy atom. The van der Waals surface area contributed by atoms with Crippen LogP contribution in [0.2, 0.25) is 0 Å². The van der Waals surface area contributed by atoms with Gasteiger partial charge < -0.3 is 11.1 Å². The normalized spacial score (nSPS) is 25.4. The Hall–Kier alpha value is -0.570. The highest BCUT2D eigenvalue weighted by Gasteiger charge is 2.40. The van der Waals surface area contributed by atoms with Crippen LogP contribution in [0.4, 0.5) is 0 Å². The smallest absolute Gasteiger partial charge is 0.227 e. The molecule has 3 nitrogen and oxygen atoms in total. The summed E-state index contributed by atoms with van der Waals surface area (Å²) >= 11 is 0. The van der Waals surface area contributed by atoms with E-state index in [1.54, 1.807) is 0 Å². The van der Waals surface area contributed by atoms with Crippen molar-refractivity contribution < 1.29 is 4.79 Å². The van der Waals surface area contributed by atoms with E-state index in [1.807, 2.05) is 0 Å². The van der Waals surface area contributed by atoms with Crippen molar-refractivity contribution in [3.8, 4) is 0 Å². The van der Waals surface area contributed by atoms with Gasteiger partial charge in [-0.15, -0.1) is 0 Å². The molecule has 2 rings (SSSR count). The Morgan fingerprint density at radius 1 is 1.00 bits per heavy atom. The summed E-state index contributed by atoms with van der Waals surface area (Å²) in [6.07, 6.45) is 13.2. The van der Waals surface area contributed by atoms with Crippen LogP contribution in [0.25, 0.3) is 0 Å². The van der Waals surface area contributed by atoms with E-state index in [-0.39, 0.29) is 11.3 Å². The lowest BCUT2D eigenvalue weighted by molar-refractivity contribution is -0.131. The third-order valence-electron chi connectivity index (χ3n) is 4.87. The van der Waals surface area contributed by atoms with E-state index in [1.165, 1.54) is 32.1 Å². The average molecular weight is 252 g/mol. The Bertz CT molecular complexity index is 264. The molecule has 0 bridgehead atoms. The molecule has 0 radical (unpaired) electrons. The first-order valence-electron chi connectivity index (χ1n) is 7.78. The summed E-state index contributed by atoms with van der Waals surface area (Å²) in [5.41, 5.74) is 5.64. The van der Waals surface area contributed by atoms with Gasteiger partial charge in [0.15, 0.2) is 0 Å². The fourth-order valence-corrected chi connectivity index (χ4v) is 3.51. The molecule has 0 saturated heterocycles. The fourth-order valence-electron chi connectivity index (χ4n) is 3.51. The molecule has 0 atom stereocenters. The zero-order valence-electron chi connectivity index (χ0n) is 11.5. The Labute approximate surface area is 111 Å². The molecule has 104 valence electrons. The van der Waals surface area contributed by atoms with Crippen molar-refractivity contribution in [1.82, 2.24) is 5.32 Å². The Balaban J connectivity index is 1.88. The topological polar surface area (TPSA) is 55.1 Å². The number of nitrogens with one attached hydrogen (secondary N) is 1. The molecule has 0 unspecified atom stereocenters. The second-order valence-electron chi connectivity index (χ2n) is 6.21. The van der Waals surface area contributed by atoms with Gasteiger partial charge in [0.1, 0.15) is 0 Å². The SMILES string of the molecule is NCC1(C(=O)NC2CCCCCCC2)CCCC1. The van der Waals surface area contributed by atoms with E-state index in [9.17, 15) is 4.79 Å². The lowest BCUT2D eigenvalue weighted by Gasteiger charge is -2.30. The van der Waals surface area contributed by atoms with Crippen LogP contribution >= 0.6 is 0 Å². The van der Waals surface area contributed by atoms with Gasteiger partial charge in [0.2, 0.25) is 5.91 Å².